The van der Waals surface area contributed by atoms with E-state index in [-0.39, 0.29) is 0 Å². The molecule has 1 rings (SSSR count). The van der Waals surface area contributed by atoms with Crippen molar-refractivity contribution in [2.75, 3.05) is 62.2 Å². The van der Waals surface area contributed by atoms with Crippen LogP contribution in [-0.4, -0.2) is 62.5 Å². The molecule has 7 heteroatoms. The molecule has 1 aromatic heterocycles. The van der Waals surface area contributed by atoms with Gasteiger partial charge in [-0.25, -0.2) is 0 Å². The number of nitrogens with zero attached hydrogens (tertiary/aromatic N) is 6. The summed E-state index contributed by atoms with van der Waals surface area (Å²) in [5.41, 5.74) is 0. The molecule has 17 heavy (non-hydrogen) atoms. The summed E-state index contributed by atoms with van der Waals surface area (Å²) in [6.45, 7) is 0.798. The van der Waals surface area contributed by atoms with Gasteiger partial charge >= 0.3 is 0 Å². The third kappa shape index (κ3) is 3.62. The van der Waals surface area contributed by atoms with Crippen LogP contribution in [0.3, 0.4) is 0 Å². The number of hydrogen-bond donors (Lipinski definition) is 1. The molecule has 1 aromatic rings. The lowest BCUT2D eigenvalue weighted by Gasteiger charge is -2.20. The average molecular weight is 256 g/mol. The maximum atomic E-state index is 4.40. The Morgan fingerprint density at radius 1 is 0.824 bits per heavy atom. The van der Waals surface area contributed by atoms with Crippen molar-refractivity contribution in [3.8, 4) is 0 Å². The third-order valence-electron chi connectivity index (χ3n) is 2.18. The van der Waals surface area contributed by atoms with Gasteiger partial charge < -0.3 is 14.7 Å². The van der Waals surface area contributed by atoms with Gasteiger partial charge in [0.25, 0.3) is 0 Å². The molecule has 96 valence electrons. The normalized spacial score (nSPS) is 10.2. The van der Waals surface area contributed by atoms with Crippen LogP contribution in [0, 0.1) is 0 Å². The first kappa shape index (κ1) is 13.8. The Morgan fingerprint density at radius 3 is 1.59 bits per heavy atom. The van der Waals surface area contributed by atoms with Crippen LogP contribution in [0.5, 0.6) is 0 Å². The predicted octanol–water partition coefficient (Wildman–Crippen LogP) is 0.370. The molecule has 1 heterocycles. The van der Waals surface area contributed by atoms with Crippen molar-refractivity contribution in [3.63, 3.8) is 0 Å². The molecule has 0 aliphatic rings. The smallest absolute Gasteiger partial charge is 0.231 e. The number of aromatic nitrogens is 3. The molecule has 0 aromatic carbocycles. The first-order chi connectivity index (χ1) is 7.95. The quantitative estimate of drug-likeness (QED) is 0.768. The SMILES string of the molecule is CN(C)c1nc(N(C)C)nc(N(C)CCS)n1. The molecule has 0 N–H and O–H groups in total. The van der Waals surface area contributed by atoms with E-state index in [1.54, 1.807) is 0 Å². The lowest BCUT2D eigenvalue weighted by molar-refractivity contribution is 0.854. The Morgan fingerprint density at radius 2 is 1.24 bits per heavy atom. The topological polar surface area (TPSA) is 48.4 Å². The van der Waals surface area contributed by atoms with Gasteiger partial charge in [-0.15, -0.1) is 0 Å². The van der Waals surface area contributed by atoms with Crippen molar-refractivity contribution >= 4 is 30.5 Å². The second-order valence-corrected chi connectivity index (χ2v) is 4.62. The summed E-state index contributed by atoms with van der Waals surface area (Å²) in [6, 6.07) is 0. The van der Waals surface area contributed by atoms with Gasteiger partial charge in [-0.1, -0.05) is 0 Å². The molecule has 0 aliphatic carbocycles. The minimum atomic E-state index is 0.657. The number of anilines is 3. The molecule has 0 bridgehead atoms. The monoisotopic (exact) mass is 256 g/mol. The van der Waals surface area contributed by atoms with Crippen LogP contribution >= 0.6 is 12.6 Å². The highest BCUT2D eigenvalue weighted by atomic mass is 32.1. The van der Waals surface area contributed by atoms with E-state index in [1.165, 1.54) is 0 Å². The van der Waals surface area contributed by atoms with E-state index in [1.807, 2.05) is 49.9 Å². The number of thiol groups is 1. The lowest BCUT2D eigenvalue weighted by atomic mass is 10.6. The van der Waals surface area contributed by atoms with Crippen LogP contribution in [0.2, 0.25) is 0 Å². The molecular weight excluding hydrogens is 236 g/mol. The van der Waals surface area contributed by atoms with E-state index in [0.29, 0.717) is 17.8 Å². The molecule has 0 saturated carbocycles. The largest absolute Gasteiger partial charge is 0.347 e. The third-order valence-corrected chi connectivity index (χ3v) is 2.38. The Labute approximate surface area is 108 Å². The zero-order chi connectivity index (χ0) is 13.0. The highest BCUT2D eigenvalue weighted by molar-refractivity contribution is 7.80. The van der Waals surface area contributed by atoms with E-state index in [0.717, 1.165) is 12.3 Å². The molecule has 0 fully saturated rings. The number of rotatable bonds is 5. The summed E-state index contributed by atoms with van der Waals surface area (Å²) in [5, 5.41) is 0. The van der Waals surface area contributed by atoms with E-state index in [9.17, 15) is 0 Å². The summed E-state index contributed by atoms with van der Waals surface area (Å²) in [6.07, 6.45) is 0. The minimum absolute atomic E-state index is 0.657. The molecule has 0 saturated heterocycles. The summed E-state index contributed by atoms with van der Waals surface area (Å²) in [4.78, 5) is 18.9. The van der Waals surface area contributed by atoms with E-state index < -0.39 is 0 Å². The van der Waals surface area contributed by atoms with Crippen LogP contribution in [0.1, 0.15) is 0 Å². The molecule has 0 aliphatic heterocycles. The zero-order valence-corrected chi connectivity index (χ0v) is 11.9. The van der Waals surface area contributed by atoms with Crippen LogP contribution in [0.25, 0.3) is 0 Å². The predicted molar refractivity (Wildman–Crippen MR) is 75.6 cm³/mol. The summed E-state index contributed by atoms with van der Waals surface area (Å²) >= 11 is 4.21. The highest BCUT2D eigenvalue weighted by Crippen LogP contribution is 2.15. The molecule has 0 atom stereocenters. The number of hydrogen-bond acceptors (Lipinski definition) is 7. The minimum Gasteiger partial charge on any atom is -0.347 e. The van der Waals surface area contributed by atoms with Gasteiger partial charge in [0.15, 0.2) is 0 Å². The molecule has 0 amide bonds. The standard InChI is InChI=1S/C10H20N6S/c1-14(2)8-11-9(15(3)4)13-10(12-8)16(5)6-7-17/h17H,6-7H2,1-5H3. The van der Waals surface area contributed by atoms with Gasteiger partial charge in [-0.05, 0) is 0 Å². The molecule has 6 nitrogen and oxygen atoms in total. The van der Waals surface area contributed by atoms with Gasteiger partial charge in [-0.2, -0.15) is 27.6 Å². The first-order valence-corrected chi connectivity index (χ1v) is 6.01. The van der Waals surface area contributed by atoms with E-state index in [2.05, 4.69) is 27.6 Å². The second-order valence-electron chi connectivity index (χ2n) is 4.17. The molecule has 0 spiro atoms. The van der Waals surface area contributed by atoms with E-state index in [4.69, 9.17) is 0 Å². The molecule has 0 unspecified atom stereocenters. The Bertz CT molecular complexity index is 342. The van der Waals surface area contributed by atoms with Crippen molar-refractivity contribution < 1.29 is 0 Å². The summed E-state index contributed by atoms with van der Waals surface area (Å²) < 4.78 is 0. The van der Waals surface area contributed by atoms with E-state index >= 15 is 0 Å². The maximum absolute atomic E-state index is 4.40. The fraction of sp³-hybridized carbons (Fsp3) is 0.700. The van der Waals surface area contributed by atoms with Crippen molar-refractivity contribution in [1.82, 2.24) is 15.0 Å². The fourth-order valence-corrected chi connectivity index (χ4v) is 1.46. The van der Waals surface area contributed by atoms with Gasteiger partial charge in [0.2, 0.25) is 17.8 Å². The van der Waals surface area contributed by atoms with Crippen LogP contribution in [0.4, 0.5) is 17.8 Å². The Balaban J connectivity index is 3.12. The lowest BCUT2D eigenvalue weighted by Crippen LogP contribution is -2.26. The average Bonchev–Trinajstić information content (AvgIpc) is 2.28. The van der Waals surface area contributed by atoms with Crippen LogP contribution < -0.4 is 14.7 Å². The summed E-state index contributed by atoms with van der Waals surface area (Å²) in [7, 11) is 9.60. The van der Waals surface area contributed by atoms with Gasteiger partial charge in [-0.3, -0.25) is 0 Å². The molecular formula is C10H20N6S. The second kappa shape index (κ2) is 5.90. The van der Waals surface area contributed by atoms with Crippen molar-refractivity contribution in [1.29, 1.82) is 0 Å². The Hall–Kier alpha value is -1.24. The van der Waals surface area contributed by atoms with Crippen LogP contribution in [0.15, 0.2) is 0 Å². The van der Waals surface area contributed by atoms with Crippen molar-refractivity contribution in [3.05, 3.63) is 0 Å². The summed E-state index contributed by atoms with van der Waals surface area (Å²) in [5.74, 6) is 2.74. The first-order valence-electron chi connectivity index (χ1n) is 5.38. The van der Waals surface area contributed by atoms with Gasteiger partial charge in [0.05, 0.1) is 0 Å². The van der Waals surface area contributed by atoms with Gasteiger partial charge in [0.1, 0.15) is 0 Å². The zero-order valence-electron chi connectivity index (χ0n) is 11.0. The van der Waals surface area contributed by atoms with Crippen molar-refractivity contribution in [2.24, 2.45) is 0 Å². The van der Waals surface area contributed by atoms with Gasteiger partial charge in [0, 0.05) is 47.5 Å². The maximum Gasteiger partial charge on any atom is 0.231 e. The van der Waals surface area contributed by atoms with Crippen LogP contribution in [-0.2, 0) is 0 Å². The molecule has 0 radical (unpaired) electrons. The fourth-order valence-electron chi connectivity index (χ4n) is 1.16. The Kier molecular flexibility index (Phi) is 4.80. The van der Waals surface area contributed by atoms with Crippen molar-refractivity contribution in [2.45, 2.75) is 0 Å². The highest BCUT2D eigenvalue weighted by Gasteiger charge is 2.12.